The molecule has 0 bridgehead atoms. The van der Waals surface area contributed by atoms with Gasteiger partial charge >= 0.3 is 6.03 Å². The molecule has 4 aromatic rings. The third kappa shape index (κ3) is 3.02. The summed E-state index contributed by atoms with van der Waals surface area (Å²) in [6.45, 7) is 2.07. The number of nitrogens with zero attached hydrogens (tertiary/aromatic N) is 4. The molecule has 1 saturated heterocycles. The number of carbonyl (C=O) groups excluding carboxylic acids is 2. The number of nitrogens with one attached hydrogen (secondary N) is 3. The SMILES string of the molecule is Cc1ccc2ccn(-c3cc(NC4CC4)n4ncc(/C=C5\NC(=O)NC5=O)c4n3)c2c1. The lowest BCUT2D eigenvalue weighted by Gasteiger charge is -2.12. The quantitative estimate of drug-likeness (QED) is 0.352. The van der Waals surface area contributed by atoms with Crippen LogP contribution in [0.4, 0.5) is 10.6 Å². The van der Waals surface area contributed by atoms with E-state index in [1.165, 1.54) is 5.56 Å². The van der Waals surface area contributed by atoms with E-state index in [0.29, 0.717) is 17.3 Å². The predicted octanol–water partition coefficient (Wildman–Crippen LogP) is 2.74. The van der Waals surface area contributed by atoms with Crippen LogP contribution in [0, 0.1) is 6.92 Å². The second-order valence-corrected chi connectivity index (χ2v) is 7.97. The second kappa shape index (κ2) is 6.43. The molecular formula is C22H19N7O2. The van der Waals surface area contributed by atoms with Crippen molar-refractivity contribution in [2.45, 2.75) is 25.8 Å². The zero-order valence-electron chi connectivity index (χ0n) is 16.7. The molecule has 154 valence electrons. The van der Waals surface area contributed by atoms with E-state index in [1.807, 2.05) is 16.8 Å². The third-order valence-corrected chi connectivity index (χ3v) is 5.53. The summed E-state index contributed by atoms with van der Waals surface area (Å²) >= 11 is 0. The van der Waals surface area contributed by atoms with E-state index in [-0.39, 0.29) is 5.70 Å². The van der Waals surface area contributed by atoms with E-state index >= 15 is 0 Å². The number of carbonyl (C=O) groups is 2. The zero-order chi connectivity index (χ0) is 21.1. The van der Waals surface area contributed by atoms with Gasteiger partial charge in [-0.15, -0.1) is 0 Å². The fraction of sp³-hybridized carbons (Fsp3) is 0.182. The molecular weight excluding hydrogens is 394 g/mol. The summed E-state index contributed by atoms with van der Waals surface area (Å²) in [5.41, 5.74) is 3.64. The van der Waals surface area contributed by atoms with Crippen LogP contribution in [-0.2, 0) is 4.79 Å². The van der Waals surface area contributed by atoms with Crippen LogP contribution in [0.2, 0.25) is 0 Å². The number of benzene rings is 1. The largest absolute Gasteiger partial charge is 0.367 e. The minimum atomic E-state index is -0.536. The van der Waals surface area contributed by atoms with Gasteiger partial charge in [0, 0.05) is 29.3 Å². The molecule has 0 spiro atoms. The first kappa shape index (κ1) is 17.7. The highest BCUT2D eigenvalue weighted by Crippen LogP contribution is 2.29. The van der Waals surface area contributed by atoms with Gasteiger partial charge in [0.15, 0.2) is 5.65 Å². The molecule has 1 aromatic carbocycles. The lowest BCUT2D eigenvalue weighted by Crippen LogP contribution is -2.22. The summed E-state index contributed by atoms with van der Waals surface area (Å²) in [5, 5.41) is 13.9. The number of rotatable bonds is 4. The van der Waals surface area contributed by atoms with Gasteiger partial charge in [-0.2, -0.15) is 9.61 Å². The fourth-order valence-electron chi connectivity index (χ4n) is 3.81. The highest BCUT2D eigenvalue weighted by Gasteiger charge is 2.25. The summed E-state index contributed by atoms with van der Waals surface area (Å²) < 4.78 is 3.79. The number of aryl methyl sites for hydroxylation is 1. The number of fused-ring (bicyclic) bond motifs is 2. The molecule has 1 saturated carbocycles. The molecule has 9 heteroatoms. The maximum atomic E-state index is 12.0. The fourth-order valence-corrected chi connectivity index (χ4v) is 3.81. The first-order chi connectivity index (χ1) is 15.0. The molecule has 3 amide bonds. The number of aromatic nitrogens is 4. The zero-order valence-corrected chi connectivity index (χ0v) is 16.7. The monoisotopic (exact) mass is 413 g/mol. The summed E-state index contributed by atoms with van der Waals surface area (Å²) in [5.74, 6) is 1.11. The third-order valence-electron chi connectivity index (χ3n) is 5.53. The van der Waals surface area contributed by atoms with Gasteiger partial charge in [-0.1, -0.05) is 12.1 Å². The van der Waals surface area contributed by atoms with Crippen LogP contribution in [0.3, 0.4) is 0 Å². The number of anilines is 1. The Morgan fingerprint density at radius 1 is 1.16 bits per heavy atom. The van der Waals surface area contributed by atoms with Crippen LogP contribution in [0.1, 0.15) is 24.0 Å². The molecule has 4 heterocycles. The maximum Gasteiger partial charge on any atom is 0.326 e. The average molecular weight is 413 g/mol. The van der Waals surface area contributed by atoms with Gasteiger partial charge in [0.1, 0.15) is 17.3 Å². The normalized spacial score (nSPS) is 17.5. The summed E-state index contributed by atoms with van der Waals surface area (Å²) in [6.07, 6.45) is 7.48. The Balaban J connectivity index is 1.55. The van der Waals surface area contributed by atoms with Crippen molar-refractivity contribution >= 4 is 40.4 Å². The van der Waals surface area contributed by atoms with Gasteiger partial charge in [0.25, 0.3) is 5.91 Å². The van der Waals surface area contributed by atoms with Crippen molar-refractivity contribution in [3.8, 4) is 5.82 Å². The van der Waals surface area contributed by atoms with Crippen molar-refractivity contribution in [3.05, 3.63) is 59.5 Å². The van der Waals surface area contributed by atoms with Crippen LogP contribution >= 0.6 is 0 Å². The van der Waals surface area contributed by atoms with Gasteiger partial charge in [0.05, 0.1) is 11.7 Å². The first-order valence-electron chi connectivity index (χ1n) is 10.1. The molecule has 1 aliphatic heterocycles. The lowest BCUT2D eigenvalue weighted by atomic mass is 10.2. The van der Waals surface area contributed by atoms with E-state index in [2.05, 4.69) is 52.2 Å². The molecule has 3 aromatic heterocycles. The first-order valence-corrected chi connectivity index (χ1v) is 10.1. The van der Waals surface area contributed by atoms with E-state index in [9.17, 15) is 9.59 Å². The molecule has 3 N–H and O–H groups in total. The Labute approximate surface area is 176 Å². The lowest BCUT2D eigenvalue weighted by molar-refractivity contribution is -0.115. The Kier molecular flexibility index (Phi) is 3.67. The van der Waals surface area contributed by atoms with Crippen LogP contribution in [0.25, 0.3) is 28.4 Å². The molecule has 2 fully saturated rings. The van der Waals surface area contributed by atoms with Crippen molar-refractivity contribution in [1.82, 2.24) is 29.8 Å². The van der Waals surface area contributed by atoms with E-state index in [0.717, 1.165) is 35.4 Å². The van der Waals surface area contributed by atoms with Crippen molar-refractivity contribution in [2.75, 3.05) is 5.32 Å². The standard InChI is InChI=1S/C22H19N7O2/c1-12-2-3-13-6-7-28(17(13)8-12)18-10-19(24-15-4-5-15)29-20(26-18)14(11-23-29)9-16-21(30)27-22(31)25-16/h2-3,6-11,15,24H,4-5H2,1H3,(H2,25,27,30,31)/b16-9-. The number of imide groups is 1. The summed E-state index contributed by atoms with van der Waals surface area (Å²) in [4.78, 5) is 28.3. The van der Waals surface area contributed by atoms with Gasteiger partial charge in [-0.05, 0) is 43.5 Å². The molecule has 9 nitrogen and oxygen atoms in total. The predicted molar refractivity (Wildman–Crippen MR) is 116 cm³/mol. The number of hydrogen-bond donors (Lipinski definition) is 3. The van der Waals surface area contributed by atoms with Crippen LogP contribution < -0.4 is 16.0 Å². The van der Waals surface area contributed by atoms with E-state index in [4.69, 9.17) is 4.98 Å². The Morgan fingerprint density at radius 2 is 2.03 bits per heavy atom. The van der Waals surface area contributed by atoms with Crippen molar-refractivity contribution < 1.29 is 9.59 Å². The van der Waals surface area contributed by atoms with E-state index in [1.54, 1.807) is 16.8 Å². The Morgan fingerprint density at radius 3 is 2.81 bits per heavy atom. The van der Waals surface area contributed by atoms with Gasteiger partial charge in [-0.25, -0.2) is 9.78 Å². The maximum absolute atomic E-state index is 12.0. The minimum absolute atomic E-state index is 0.172. The minimum Gasteiger partial charge on any atom is -0.367 e. The second-order valence-electron chi connectivity index (χ2n) is 7.97. The molecule has 31 heavy (non-hydrogen) atoms. The Hall–Kier alpha value is -4.14. The molecule has 0 atom stereocenters. The smallest absolute Gasteiger partial charge is 0.326 e. The van der Waals surface area contributed by atoms with E-state index < -0.39 is 11.9 Å². The Bertz CT molecular complexity index is 1420. The summed E-state index contributed by atoms with van der Waals surface area (Å²) in [6, 6.07) is 10.3. The van der Waals surface area contributed by atoms with Gasteiger partial charge in [0.2, 0.25) is 0 Å². The van der Waals surface area contributed by atoms with Crippen LogP contribution in [0.5, 0.6) is 0 Å². The average Bonchev–Trinajstić information content (AvgIpc) is 3.17. The molecule has 1 aliphatic carbocycles. The van der Waals surface area contributed by atoms with Crippen molar-refractivity contribution in [2.24, 2.45) is 0 Å². The number of amides is 3. The summed E-state index contributed by atoms with van der Waals surface area (Å²) in [7, 11) is 0. The topological polar surface area (TPSA) is 105 Å². The highest BCUT2D eigenvalue weighted by molar-refractivity contribution is 6.14. The number of hydrogen-bond acceptors (Lipinski definition) is 5. The van der Waals surface area contributed by atoms with Crippen LogP contribution in [0.15, 0.2) is 48.4 Å². The van der Waals surface area contributed by atoms with Crippen molar-refractivity contribution in [1.29, 1.82) is 0 Å². The molecule has 0 radical (unpaired) electrons. The van der Waals surface area contributed by atoms with Crippen molar-refractivity contribution in [3.63, 3.8) is 0 Å². The van der Waals surface area contributed by atoms with Crippen LogP contribution in [-0.4, -0.2) is 37.1 Å². The highest BCUT2D eigenvalue weighted by atomic mass is 16.2. The molecule has 2 aliphatic rings. The van der Waals surface area contributed by atoms with Gasteiger partial charge in [-0.3, -0.25) is 10.1 Å². The van der Waals surface area contributed by atoms with Gasteiger partial charge < -0.3 is 15.2 Å². The number of urea groups is 1. The molecule has 6 rings (SSSR count). The molecule has 0 unspecified atom stereocenters.